The van der Waals surface area contributed by atoms with Crippen molar-refractivity contribution in [2.24, 2.45) is 0 Å². The van der Waals surface area contributed by atoms with Gasteiger partial charge < -0.3 is 29.0 Å². The van der Waals surface area contributed by atoms with Gasteiger partial charge in [0.25, 0.3) is 0 Å². The largest absolute Gasteiger partial charge is 0.444 e. The van der Waals surface area contributed by atoms with Crippen LogP contribution >= 0.6 is 0 Å². The summed E-state index contributed by atoms with van der Waals surface area (Å²) in [5.74, 6) is 0.422. The molecule has 0 aliphatic carbocycles. The highest BCUT2D eigenvalue weighted by Gasteiger charge is 2.41. The van der Waals surface area contributed by atoms with Crippen LogP contribution in [0.1, 0.15) is 51.9 Å². The summed E-state index contributed by atoms with van der Waals surface area (Å²) in [6.07, 6.45) is -0.787. The Morgan fingerprint density at radius 3 is 2.33 bits per heavy atom. The molecule has 2 aromatic heterocycles. The number of rotatable bonds is 12. The van der Waals surface area contributed by atoms with Crippen LogP contribution in [0.25, 0.3) is 21.9 Å². The Balaban J connectivity index is 1.41. The quantitative estimate of drug-likeness (QED) is 0.145. The lowest BCUT2D eigenvalue weighted by atomic mass is 10.1. The normalized spacial score (nSPS) is 14.2. The zero-order valence-electron chi connectivity index (χ0n) is 28.1. The molecule has 2 aromatic carbocycles. The molecular formula is C34H42N6O8S. The van der Waals surface area contributed by atoms with Gasteiger partial charge in [0.05, 0.1) is 28.6 Å². The van der Waals surface area contributed by atoms with Gasteiger partial charge in [-0.3, -0.25) is 5.32 Å². The molecule has 0 bridgehead atoms. The fourth-order valence-electron chi connectivity index (χ4n) is 5.51. The third kappa shape index (κ3) is 9.16. The number of sulfone groups is 1. The van der Waals surface area contributed by atoms with Gasteiger partial charge in [-0.1, -0.05) is 48.5 Å². The van der Waals surface area contributed by atoms with Crippen LogP contribution < -0.4 is 10.6 Å². The molecule has 3 heterocycles. The highest BCUT2D eigenvalue weighted by molar-refractivity contribution is 7.92. The van der Waals surface area contributed by atoms with E-state index < -0.39 is 39.8 Å². The van der Waals surface area contributed by atoms with Crippen LogP contribution in [-0.2, 0) is 43.8 Å². The molecule has 5 rings (SSSR count). The predicted octanol–water partition coefficient (Wildman–Crippen LogP) is 5.39. The number of alkyl carbamates (subject to hydrolysis) is 1. The summed E-state index contributed by atoms with van der Waals surface area (Å²) in [7, 11) is -3.17. The smallest absolute Gasteiger partial charge is 0.413 e. The lowest BCUT2D eigenvalue weighted by molar-refractivity contribution is 0.0181. The number of para-hydroxylation sites is 1. The molecule has 0 atom stereocenters. The Morgan fingerprint density at radius 1 is 0.939 bits per heavy atom. The minimum Gasteiger partial charge on any atom is -0.444 e. The van der Waals surface area contributed by atoms with Crippen molar-refractivity contribution in [1.29, 1.82) is 0 Å². The van der Waals surface area contributed by atoms with Crippen LogP contribution in [0.3, 0.4) is 0 Å². The lowest BCUT2D eigenvalue weighted by Gasteiger charge is -2.37. The zero-order valence-corrected chi connectivity index (χ0v) is 28.9. The van der Waals surface area contributed by atoms with Crippen LogP contribution in [0.4, 0.5) is 20.2 Å². The molecule has 0 unspecified atom stereocenters. The summed E-state index contributed by atoms with van der Waals surface area (Å²) in [4.78, 5) is 49.2. The molecule has 0 saturated carbocycles. The minimum absolute atomic E-state index is 0.0660. The number of hydrogen-bond acceptors (Lipinski definition) is 10. The second-order valence-corrected chi connectivity index (χ2v) is 14.9. The zero-order chi connectivity index (χ0) is 35.2. The van der Waals surface area contributed by atoms with Crippen molar-refractivity contribution in [3.05, 3.63) is 66.0 Å². The van der Waals surface area contributed by atoms with Crippen molar-refractivity contribution < 1.29 is 37.0 Å². The Bertz CT molecular complexity index is 1910. The molecule has 262 valence electrons. The number of fused-ring (bicyclic) bond motifs is 3. The molecule has 1 aliphatic rings. The number of unbranched alkanes of at least 4 members (excludes halogenated alkanes) is 1. The molecule has 49 heavy (non-hydrogen) atoms. The number of amides is 3. The number of carbonyl (C=O) groups is 3. The summed E-state index contributed by atoms with van der Waals surface area (Å²) in [5, 5.41) is 6.12. The number of nitrogens with zero attached hydrogens (tertiary/aromatic N) is 4. The molecule has 1 aliphatic heterocycles. The number of pyridine rings is 1. The van der Waals surface area contributed by atoms with Crippen LogP contribution in [0.5, 0.6) is 0 Å². The van der Waals surface area contributed by atoms with Crippen molar-refractivity contribution in [2.75, 3.05) is 29.9 Å². The topological polar surface area (TPSA) is 171 Å². The van der Waals surface area contributed by atoms with Crippen LogP contribution in [-0.4, -0.2) is 82.4 Å². The van der Waals surface area contributed by atoms with Gasteiger partial charge in [-0.2, -0.15) is 0 Å². The summed E-state index contributed by atoms with van der Waals surface area (Å²) in [6, 6.07) is 16.3. The van der Waals surface area contributed by atoms with Crippen molar-refractivity contribution in [2.45, 2.75) is 71.9 Å². The van der Waals surface area contributed by atoms with Gasteiger partial charge in [0.15, 0.2) is 22.3 Å². The van der Waals surface area contributed by atoms with E-state index in [9.17, 15) is 22.8 Å². The summed E-state index contributed by atoms with van der Waals surface area (Å²) in [5.41, 5.74) is 1.76. The average molecular weight is 695 g/mol. The van der Waals surface area contributed by atoms with Gasteiger partial charge in [0.1, 0.15) is 23.5 Å². The number of aryl methyl sites for hydroxylation is 1. The molecule has 14 nitrogen and oxygen atoms in total. The van der Waals surface area contributed by atoms with Crippen molar-refractivity contribution in [3.63, 3.8) is 0 Å². The number of hydrogen-bond donors (Lipinski definition) is 2. The van der Waals surface area contributed by atoms with Gasteiger partial charge in [-0.15, -0.1) is 0 Å². The van der Waals surface area contributed by atoms with Gasteiger partial charge in [-0.05, 0) is 52.2 Å². The molecule has 1 saturated heterocycles. The summed E-state index contributed by atoms with van der Waals surface area (Å²) < 4.78 is 42.3. The van der Waals surface area contributed by atoms with Gasteiger partial charge in [0, 0.05) is 25.0 Å². The highest BCUT2D eigenvalue weighted by Crippen LogP contribution is 2.31. The number of nitrogens with one attached hydrogen (secondary N) is 2. The standard InChI is InChI=1S/C34H42N6O8S/c1-5-35-31(41)47-20-27-37-28-29(40(27)18-12-11-17-39(24-21-49(44,45)22-24)33(43)48-34(2,3)4)25-15-9-10-16-26(25)36-30(28)38-32(42)46-19-23-13-7-6-8-14-23/h6-10,13-16,24H,5,11-12,17-22H2,1-4H3,(H,35,41)(H,36,38,42). The maximum absolute atomic E-state index is 13.0. The maximum Gasteiger partial charge on any atom is 0.413 e. The second kappa shape index (κ2) is 15.1. The van der Waals surface area contributed by atoms with Gasteiger partial charge >= 0.3 is 18.3 Å². The van der Waals surface area contributed by atoms with E-state index in [1.807, 2.05) is 59.2 Å². The number of ether oxygens (including phenoxy) is 3. The number of benzene rings is 2. The van der Waals surface area contributed by atoms with Crippen molar-refractivity contribution in [3.8, 4) is 0 Å². The first-order valence-electron chi connectivity index (χ1n) is 16.2. The van der Waals surface area contributed by atoms with Crippen molar-refractivity contribution >= 4 is 55.9 Å². The first kappa shape index (κ1) is 35.4. The maximum atomic E-state index is 13.0. The molecule has 15 heteroatoms. The van der Waals surface area contributed by atoms with Gasteiger partial charge in [-0.25, -0.2) is 32.8 Å². The Kier molecular flexibility index (Phi) is 10.9. The van der Waals surface area contributed by atoms with E-state index in [-0.39, 0.29) is 37.1 Å². The molecule has 0 spiro atoms. The summed E-state index contributed by atoms with van der Waals surface area (Å²) >= 11 is 0. The molecule has 0 radical (unpaired) electrons. The predicted molar refractivity (Wildman–Crippen MR) is 184 cm³/mol. The number of aromatic nitrogens is 3. The number of imidazole rings is 1. The number of carbonyl (C=O) groups excluding carboxylic acids is 3. The van der Waals surface area contributed by atoms with E-state index in [0.29, 0.717) is 48.3 Å². The van der Waals surface area contributed by atoms with Gasteiger partial charge in [0.2, 0.25) is 0 Å². The lowest BCUT2D eigenvalue weighted by Crippen LogP contribution is -2.56. The SMILES string of the molecule is CCNC(=O)OCc1nc2c(NC(=O)OCc3ccccc3)nc3ccccc3c2n1CCCCN(C(=O)OC(C)(C)C)C1CS(=O)(=O)C1. The Labute approximate surface area is 285 Å². The Morgan fingerprint density at radius 2 is 1.63 bits per heavy atom. The van der Waals surface area contributed by atoms with Crippen LogP contribution in [0.15, 0.2) is 54.6 Å². The number of anilines is 1. The van der Waals surface area contributed by atoms with E-state index >= 15 is 0 Å². The van der Waals surface area contributed by atoms with E-state index in [1.54, 1.807) is 27.7 Å². The first-order chi connectivity index (χ1) is 23.3. The van der Waals surface area contributed by atoms with E-state index in [4.69, 9.17) is 19.2 Å². The van der Waals surface area contributed by atoms with E-state index in [2.05, 4.69) is 15.6 Å². The monoisotopic (exact) mass is 694 g/mol. The third-order valence-electron chi connectivity index (χ3n) is 7.74. The molecule has 4 aromatic rings. The minimum atomic E-state index is -3.17. The second-order valence-electron chi connectivity index (χ2n) is 12.8. The van der Waals surface area contributed by atoms with E-state index in [0.717, 1.165) is 10.9 Å². The first-order valence-corrected chi connectivity index (χ1v) is 18.0. The van der Waals surface area contributed by atoms with Crippen molar-refractivity contribution in [1.82, 2.24) is 24.8 Å². The molecule has 2 N–H and O–H groups in total. The van der Waals surface area contributed by atoms with Crippen LogP contribution in [0, 0.1) is 0 Å². The summed E-state index contributed by atoms with van der Waals surface area (Å²) in [6.45, 7) is 8.06. The molecular weight excluding hydrogens is 652 g/mol. The highest BCUT2D eigenvalue weighted by atomic mass is 32.2. The van der Waals surface area contributed by atoms with Crippen LogP contribution in [0.2, 0.25) is 0 Å². The molecule has 1 fully saturated rings. The third-order valence-corrected chi connectivity index (χ3v) is 9.53. The average Bonchev–Trinajstić information content (AvgIpc) is 3.40. The van der Waals surface area contributed by atoms with E-state index in [1.165, 1.54) is 4.90 Å². The molecule has 3 amide bonds. The Hall–Kier alpha value is -4.92. The fraction of sp³-hybridized carbons (Fsp3) is 0.441. The fourth-order valence-corrected chi connectivity index (χ4v) is 6.95.